The number of H-pyrrole nitrogens is 1. The van der Waals surface area contributed by atoms with E-state index in [0.29, 0.717) is 11.6 Å². The second-order valence-electron chi connectivity index (χ2n) is 5.99. The molecule has 7 heteroatoms. The Bertz CT molecular complexity index is 616. The average Bonchev–Trinajstić information content (AvgIpc) is 3.25. The Morgan fingerprint density at radius 1 is 1.48 bits per heavy atom. The fraction of sp³-hybridized carbons (Fsp3) is 0.562. The largest absolute Gasteiger partial charge is 0.350 e. The number of hydrogen-bond donors (Lipinski definition) is 2. The normalized spacial score (nSPS) is 16.6. The monoisotopic (exact) mass is 333 g/mol. The Kier molecular flexibility index (Phi) is 5.40. The van der Waals surface area contributed by atoms with Gasteiger partial charge in [0.2, 0.25) is 0 Å². The third-order valence-corrected chi connectivity index (χ3v) is 5.33. The number of amides is 1. The minimum atomic E-state index is -0.0699. The van der Waals surface area contributed by atoms with E-state index in [4.69, 9.17) is 0 Å². The topological polar surface area (TPSA) is 73.9 Å². The number of aromatic nitrogens is 3. The second-order valence-corrected chi connectivity index (χ2v) is 6.93. The molecule has 0 saturated carbocycles. The van der Waals surface area contributed by atoms with E-state index in [1.165, 1.54) is 10.7 Å². The predicted molar refractivity (Wildman–Crippen MR) is 90.4 cm³/mol. The second kappa shape index (κ2) is 7.70. The molecule has 3 heterocycles. The SMILES string of the molecule is CCc1nc(CN2CCC(CNC(=O)c3ccn[nH]3)CC2)cs1. The number of aromatic amines is 1. The highest BCUT2D eigenvalue weighted by molar-refractivity contribution is 7.09. The molecular weight excluding hydrogens is 310 g/mol. The van der Waals surface area contributed by atoms with Crippen LogP contribution in [0.15, 0.2) is 17.6 Å². The Balaban J connectivity index is 1.39. The van der Waals surface area contributed by atoms with Crippen molar-refractivity contribution in [1.82, 2.24) is 25.4 Å². The number of nitrogens with zero attached hydrogens (tertiary/aromatic N) is 3. The number of carbonyl (C=O) groups is 1. The molecule has 3 rings (SSSR count). The van der Waals surface area contributed by atoms with Gasteiger partial charge in [0.05, 0.1) is 10.7 Å². The van der Waals surface area contributed by atoms with Gasteiger partial charge in [-0.05, 0) is 44.3 Å². The zero-order valence-electron chi connectivity index (χ0n) is 13.4. The molecule has 0 aliphatic carbocycles. The van der Waals surface area contributed by atoms with Crippen molar-refractivity contribution >= 4 is 17.2 Å². The van der Waals surface area contributed by atoms with Gasteiger partial charge < -0.3 is 5.32 Å². The number of carbonyl (C=O) groups excluding carboxylic acids is 1. The number of thiazole rings is 1. The van der Waals surface area contributed by atoms with Crippen LogP contribution in [0.5, 0.6) is 0 Å². The number of hydrogen-bond acceptors (Lipinski definition) is 5. The summed E-state index contributed by atoms with van der Waals surface area (Å²) in [7, 11) is 0. The van der Waals surface area contributed by atoms with Crippen LogP contribution in [0.25, 0.3) is 0 Å². The number of piperidine rings is 1. The van der Waals surface area contributed by atoms with Crippen molar-refractivity contribution in [3.63, 3.8) is 0 Å². The van der Waals surface area contributed by atoms with E-state index in [1.54, 1.807) is 23.6 Å². The number of aryl methyl sites for hydroxylation is 1. The van der Waals surface area contributed by atoms with Gasteiger partial charge in [-0.15, -0.1) is 11.3 Å². The Hall–Kier alpha value is -1.73. The van der Waals surface area contributed by atoms with Crippen molar-refractivity contribution in [3.8, 4) is 0 Å². The van der Waals surface area contributed by atoms with Crippen LogP contribution in [-0.4, -0.2) is 45.6 Å². The quantitative estimate of drug-likeness (QED) is 0.849. The lowest BCUT2D eigenvalue weighted by Crippen LogP contribution is -2.38. The van der Waals surface area contributed by atoms with Gasteiger partial charge in [0.1, 0.15) is 5.69 Å². The molecule has 0 bridgehead atoms. The molecule has 2 N–H and O–H groups in total. The zero-order valence-corrected chi connectivity index (χ0v) is 14.2. The molecule has 6 nitrogen and oxygen atoms in total. The van der Waals surface area contributed by atoms with Crippen LogP contribution in [0.3, 0.4) is 0 Å². The van der Waals surface area contributed by atoms with Gasteiger partial charge in [0.15, 0.2) is 0 Å². The first kappa shape index (κ1) is 16.1. The van der Waals surface area contributed by atoms with E-state index in [1.807, 2.05) is 0 Å². The average molecular weight is 333 g/mol. The van der Waals surface area contributed by atoms with Gasteiger partial charge in [-0.1, -0.05) is 6.92 Å². The number of rotatable bonds is 6. The van der Waals surface area contributed by atoms with Gasteiger partial charge in [-0.3, -0.25) is 14.8 Å². The van der Waals surface area contributed by atoms with E-state index in [0.717, 1.165) is 45.4 Å². The van der Waals surface area contributed by atoms with Crippen LogP contribution < -0.4 is 5.32 Å². The molecule has 1 fully saturated rings. The van der Waals surface area contributed by atoms with Gasteiger partial charge in [-0.25, -0.2) is 4.98 Å². The first-order chi connectivity index (χ1) is 11.2. The maximum atomic E-state index is 11.9. The lowest BCUT2D eigenvalue weighted by atomic mass is 9.96. The van der Waals surface area contributed by atoms with Crippen molar-refractivity contribution in [1.29, 1.82) is 0 Å². The summed E-state index contributed by atoms with van der Waals surface area (Å²) in [5.74, 6) is 0.485. The maximum absolute atomic E-state index is 11.9. The summed E-state index contributed by atoms with van der Waals surface area (Å²) >= 11 is 1.76. The third-order valence-electron chi connectivity index (χ3n) is 4.29. The highest BCUT2D eigenvalue weighted by atomic mass is 32.1. The standard InChI is InChI=1S/C16H23N5OS/c1-2-15-19-13(11-23-15)10-21-7-4-12(5-8-21)9-17-16(22)14-3-6-18-20-14/h3,6,11-12H,2,4-5,7-10H2,1H3,(H,17,22)(H,18,20). The molecule has 0 radical (unpaired) electrons. The molecule has 1 saturated heterocycles. The molecule has 2 aromatic heterocycles. The van der Waals surface area contributed by atoms with Crippen LogP contribution in [0.1, 0.15) is 41.0 Å². The smallest absolute Gasteiger partial charge is 0.269 e. The molecule has 0 spiro atoms. The fourth-order valence-corrected chi connectivity index (χ4v) is 3.61. The van der Waals surface area contributed by atoms with Crippen molar-refractivity contribution in [2.45, 2.75) is 32.7 Å². The molecule has 1 amide bonds. The van der Waals surface area contributed by atoms with Crippen molar-refractivity contribution in [3.05, 3.63) is 34.0 Å². The lowest BCUT2D eigenvalue weighted by molar-refractivity contribution is 0.0930. The first-order valence-electron chi connectivity index (χ1n) is 8.17. The minimum Gasteiger partial charge on any atom is -0.350 e. The van der Waals surface area contributed by atoms with Crippen LogP contribution in [0.4, 0.5) is 0 Å². The molecular formula is C16H23N5OS. The highest BCUT2D eigenvalue weighted by Crippen LogP contribution is 2.19. The molecule has 1 aliphatic rings. The summed E-state index contributed by atoms with van der Waals surface area (Å²) in [6.07, 6.45) is 4.85. The van der Waals surface area contributed by atoms with E-state index in [-0.39, 0.29) is 5.91 Å². The fourth-order valence-electron chi connectivity index (χ4n) is 2.88. The van der Waals surface area contributed by atoms with Gasteiger partial charge >= 0.3 is 0 Å². The van der Waals surface area contributed by atoms with E-state index in [2.05, 4.69) is 37.7 Å². The zero-order chi connectivity index (χ0) is 16.1. The van der Waals surface area contributed by atoms with Crippen molar-refractivity contribution < 1.29 is 4.79 Å². The Labute approximate surface area is 140 Å². The van der Waals surface area contributed by atoms with Crippen molar-refractivity contribution in [2.75, 3.05) is 19.6 Å². The summed E-state index contributed by atoms with van der Waals surface area (Å²) in [4.78, 5) is 19.0. The van der Waals surface area contributed by atoms with Crippen molar-refractivity contribution in [2.24, 2.45) is 5.92 Å². The lowest BCUT2D eigenvalue weighted by Gasteiger charge is -2.31. The minimum absolute atomic E-state index is 0.0699. The van der Waals surface area contributed by atoms with Gasteiger partial charge in [-0.2, -0.15) is 5.10 Å². The molecule has 1 aliphatic heterocycles. The predicted octanol–water partition coefficient (Wildman–Crippen LogP) is 2.07. The summed E-state index contributed by atoms with van der Waals surface area (Å²) in [5.41, 5.74) is 1.72. The van der Waals surface area contributed by atoms with Crippen LogP contribution in [0.2, 0.25) is 0 Å². The highest BCUT2D eigenvalue weighted by Gasteiger charge is 2.20. The molecule has 0 unspecified atom stereocenters. The van der Waals surface area contributed by atoms with E-state index >= 15 is 0 Å². The van der Waals surface area contributed by atoms with Gasteiger partial charge in [0, 0.05) is 24.7 Å². The molecule has 2 aromatic rings. The third kappa shape index (κ3) is 4.39. The first-order valence-corrected chi connectivity index (χ1v) is 9.05. The van der Waals surface area contributed by atoms with E-state index < -0.39 is 0 Å². The molecule has 0 atom stereocenters. The number of likely N-dealkylation sites (tertiary alicyclic amines) is 1. The maximum Gasteiger partial charge on any atom is 0.269 e. The molecule has 0 aromatic carbocycles. The van der Waals surface area contributed by atoms with Crippen LogP contribution in [-0.2, 0) is 13.0 Å². The molecule has 23 heavy (non-hydrogen) atoms. The van der Waals surface area contributed by atoms with Crippen LogP contribution >= 0.6 is 11.3 Å². The number of nitrogens with one attached hydrogen (secondary N) is 2. The molecule has 124 valence electrons. The summed E-state index contributed by atoms with van der Waals surface area (Å²) in [6, 6.07) is 1.69. The Morgan fingerprint density at radius 2 is 2.30 bits per heavy atom. The van der Waals surface area contributed by atoms with Gasteiger partial charge in [0.25, 0.3) is 5.91 Å². The van der Waals surface area contributed by atoms with E-state index in [9.17, 15) is 4.79 Å². The summed E-state index contributed by atoms with van der Waals surface area (Å²) in [5, 5.41) is 12.9. The summed E-state index contributed by atoms with van der Waals surface area (Å²) < 4.78 is 0. The summed E-state index contributed by atoms with van der Waals surface area (Å²) in [6.45, 7) is 5.98. The van der Waals surface area contributed by atoms with Crippen LogP contribution in [0, 0.1) is 5.92 Å². The Morgan fingerprint density at radius 3 is 2.96 bits per heavy atom.